The Morgan fingerprint density at radius 2 is 1.47 bits per heavy atom. The molecule has 0 bridgehead atoms. The number of benzene rings is 4. The minimum absolute atomic E-state index is 0.830. The third-order valence-electron chi connectivity index (χ3n) is 6.78. The van der Waals surface area contributed by atoms with Crippen molar-refractivity contribution >= 4 is 27.5 Å². The highest BCUT2D eigenvalue weighted by atomic mass is 16.3. The Labute approximate surface area is 200 Å². The Morgan fingerprint density at radius 1 is 0.735 bits per heavy atom. The van der Waals surface area contributed by atoms with Gasteiger partial charge in [0.2, 0.25) is 0 Å². The van der Waals surface area contributed by atoms with Crippen molar-refractivity contribution in [1.82, 2.24) is 0 Å². The van der Waals surface area contributed by atoms with E-state index in [0.717, 1.165) is 62.6 Å². The first-order valence-corrected chi connectivity index (χ1v) is 11.8. The summed E-state index contributed by atoms with van der Waals surface area (Å²) in [6, 6.07) is 30.1. The van der Waals surface area contributed by atoms with E-state index in [0.29, 0.717) is 0 Å². The van der Waals surface area contributed by atoms with Gasteiger partial charge < -0.3 is 4.42 Å². The summed E-state index contributed by atoms with van der Waals surface area (Å²) in [7, 11) is 0. The fraction of sp³-hybridized carbons (Fsp3) is 0.0909. The van der Waals surface area contributed by atoms with E-state index in [9.17, 15) is 0 Å². The fourth-order valence-corrected chi connectivity index (χ4v) is 5.08. The largest absolute Gasteiger partial charge is 0.455 e. The quantitative estimate of drug-likeness (QED) is 0.268. The van der Waals surface area contributed by atoms with E-state index in [-0.39, 0.29) is 0 Å². The molecule has 1 aliphatic carbocycles. The van der Waals surface area contributed by atoms with Crippen LogP contribution in [0.2, 0.25) is 0 Å². The zero-order chi connectivity index (χ0) is 23.1. The summed E-state index contributed by atoms with van der Waals surface area (Å²) in [6.45, 7) is 6.68. The summed E-state index contributed by atoms with van der Waals surface area (Å²) in [4.78, 5) is 0. The van der Waals surface area contributed by atoms with Crippen molar-refractivity contribution in [3.63, 3.8) is 0 Å². The van der Waals surface area contributed by atoms with Crippen LogP contribution in [0.3, 0.4) is 0 Å². The van der Waals surface area contributed by atoms with Gasteiger partial charge in [0, 0.05) is 21.9 Å². The van der Waals surface area contributed by atoms with Crippen LogP contribution in [0.4, 0.5) is 0 Å². The molecule has 0 amide bonds. The number of fused-ring (bicyclic) bond motifs is 4. The lowest BCUT2D eigenvalue weighted by Crippen LogP contribution is -1.98. The van der Waals surface area contributed by atoms with Crippen LogP contribution in [-0.4, -0.2) is 0 Å². The molecule has 1 aromatic heterocycles. The molecule has 0 unspecified atom stereocenters. The summed E-state index contributed by atoms with van der Waals surface area (Å²) >= 11 is 0. The van der Waals surface area contributed by atoms with Crippen molar-refractivity contribution in [2.45, 2.75) is 19.8 Å². The molecular formula is C33H26O. The molecule has 164 valence electrons. The number of rotatable bonds is 2. The van der Waals surface area contributed by atoms with Crippen molar-refractivity contribution < 1.29 is 4.42 Å². The Morgan fingerprint density at radius 3 is 2.26 bits per heavy atom. The maximum atomic E-state index is 6.66. The number of furan rings is 1. The van der Waals surface area contributed by atoms with Crippen LogP contribution in [0.25, 0.3) is 38.6 Å². The Balaban J connectivity index is 1.53. The molecule has 0 spiro atoms. The van der Waals surface area contributed by atoms with Crippen molar-refractivity contribution in [3.05, 3.63) is 138 Å². The summed E-state index contributed by atoms with van der Waals surface area (Å²) in [6.07, 6.45) is 8.35. The van der Waals surface area contributed by atoms with Crippen LogP contribution in [0.5, 0.6) is 0 Å². The van der Waals surface area contributed by atoms with E-state index in [4.69, 9.17) is 4.42 Å². The molecule has 0 atom stereocenters. The molecule has 0 N–H and O–H groups in total. The summed E-state index contributed by atoms with van der Waals surface area (Å²) < 4.78 is 6.66. The van der Waals surface area contributed by atoms with Gasteiger partial charge in [0.25, 0.3) is 0 Å². The third-order valence-corrected chi connectivity index (χ3v) is 6.78. The van der Waals surface area contributed by atoms with E-state index >= 15 is 0 Å². The van der Waals surface area contributed by atoms with Gasteiger partial charge in [0.1, 0.15) is 11.2 Å². The van der Waals surface area contributed by atoms with Crippen LogP contribution in [-0.2, 0) is 12.8 Å². The molecule has 1 aliphatic rings. The summed E-state index contributed by atoms with van der Waals surface area (Å²) in [5.74, 6) is 0. The van der Waals surface area contributed by atoms with Gasteiger partial charge in [-0.3, -0.25) is 0 Å². The lowest BCUT2D eigenvalue weighted by atomic mass is 9.90. The highest BCUT2D eigenvalue weighted by molar-refractivity contribution is 6.12. The van der Waals surface area contributed by atoms with Crippen molar-refractivity contribution in [2.24, 2.45) is 0 Å². The average molecular weight is 439 g/mol. The molecule has 0 aliphatic heterocycles. The molecule has 0 saturated heterocycles. The second-order valence-electron chi connectivity index (χ2n) is 9.10. The smallest absolute Gasteiger partial charge is 0.143 e. The Hall–Kier alpha value is -4.10. The van der Waals surface area contributed by atoms with Gasteiger partial charge in [-0.1, -0.05) is 115 Å². The van der Waals surface area contributed by atoms with Gasteiger partial charge in [-0.2, -0.15) is 0 Å². The van der Waals surface area contributed by atoms with Gasteiger partial charge in [0.05, 0.1) is 0 Å². The van der Waals surface area contributed by atoms with E-state index in [1.807, 2.05) is 6.07 Å². The SMILES string of the molecule is C=C1Cc2cc(C)ccc2C/C=C\C=C/1c1cccc2c1oc1c(-c3ccccc3)cccc12. The predicted octanol–water partition coefficient (Wildman–Crippen LogP) is 8.86. The Bertz CT molecular complexity index is 1610. The fourth-order valence-electron chi connectivity index (χ4n) is 5.08. The first kappa shape index (κ1) is 20.5. The van der Waals surface area contributed by atoms with E-state index in [2.05, 4.69) is 111 Å². The lowest BCUT2D eigenvalue weighted by molar-refractivity contribution is 0.668. The van der Waals surface area contributed by atoms with Crippen molar-refractivity contribution in [3.8, 4) is 11.1 Å². The van der Waals surface area contributed by atoms with Crippen molar-refractivity contribution in [1.29, 1.82) is 0 Å². The molecule has 4 aromatic carbocycles. The molecule has 0 radical (unpaired) electrons. The zero-order valence-corrected chi connectivity index (χ0v) is 19.3. The van der Waals surface area contributed by atoms with Gasteiger partial charge in [-0.05, 0) is 47.6 Å². The summed E-state index contributed by atoms with van der Waals surface area (Å²) in [5.41, 5.74) is 11.5. The number of para-hydroxylation sites is 2. The first-order valence-electron chi connectivity index (χ1n) is 11.8. The molecular weight excluding hydrogens is 412 g/mol. The van der Waals surface area contributed by atoms with E-state index < -0.39 is 0 Å². The highest BCUT2D eigenvalue weighted by Crippen LogP contribution is 2.40. The number of allylic oxidation sites excluding steroid dienone is 5. The number of aryl methyl sites for hydroxylation is 1. The molecule has 1 nitrogen and oxygen atoms in total. The highest BCUT2D eigenvalue weighted by Gasteiger charge is 2.18. The van der Waals surface area contributed by atoms with Crippen molar-refractivity contribution in [2.75, 3.05) is 0 Å². The monoisotopic (exact) mass is 438 g/mol. The normalized spacial score (nSPS) is 16.4. The van der Waals surface area contributed by atoms with Gasteiger partial charge in [-0.15, -0.1) is 0 Å². The van der Waals surface area contributed by atoms with Gasteiger partial charge >= 0.3 is 0 Å². The number of hydrogen-bond donors (Lipinski definition) is 0. The van der Waals surface area contributed by atoms with Crippen LogP contribution < -0.4 is 0 Å². The number of hydrogen-bond acceptors (Lipinski definition) is 1. The van der Waals surface area contributed by atoms with E-state index in [1.54, 1.807) is 0 Å². The van der Waals surface area contributed by atoms with Crippen LogP contribution in [0.1, 0.15) is 22.3 Å². The van der Waals surface area contributed by atoms with Crippen LogP contribution in [0.15, 0.2) is 120 Å². The second-order valence-corrected chi connectivity index (χ2v) is 9.10. The van der Waals surface area contributed by atoms with Gasteiger partial charge in [0.15, 0.2) is 0 Å². The molecule has 0 fully saturated rings. The summed E-state index contributed by atoms with van der Waals surface area (Å²) in [5, 5.41) is 2.28. The second kappa shape index (κ2) is 8.35. The topological polar surface area (TPSA) is 13.1 Å². The maximum Gasteiger partial charge on any atom is 0.143 e. The van der Waals surface area contributed by atoms with Crippen LogP contribution >= 0.6 is 0 Å². The molecule has 1 heterocycles. The molecule has 5 aromatic rings. The average Bonchev–Trinajstić information content (AvgIpc) is 3.27. The van der Waals surface area contributed by atoms with Crippen LogP contribution in [0, 0.1) is 6.92 Å². The minimum Gasteiger partial charge on any atom is -0.455 e. The molecule has 0 saturated carbocycles. The molecule has 34 heavy (non-hydrogen) atoms. The lowest BCUT2D eigenvalue weighted by Gasteiger charge is -2.14. The van der Waals surface area contributed by atoms with E-state index in [1.165, 1.54) is 16.7 Å². The molecule has 1 heteroatoms. The zero-order valence-electron chi connectivity index (χ0n) is 19.3. The molecule has 6 rings (SSSR count). The predicted molar refractivity (Wildman–Crippen MR) is 144 cm³/mol. The third kappa shape index (κ3) is 3.50. The van der Waals surface area contributed by atoms with Gasteiger partial charge in [-0.25, -0.2) is 0 Å². The Kier molecular flexibility index (Phi) is 5.04. The standard InChI is InChI=1S/C33H26O/c1-22-18-19-24-10-6-7-13-27(23(2)21-26(24)20-22)29-15-9-17-31-30-16-8-14-28(32(30)34-33(29)31)25-11-4-3-5-12-25/h3-9,11-20H,2,10,21H2,1H3/b7-6-,27-13+. The maximum absolute atomic E-state index is 6.66. The minimum atomic E-state index is 0.830. The first-order chi connectivity index (χ1) is 16.7.